The number of amides is 1. The minimum atomic E-state index is -0.335. The van der Waals surface area contributed by atoms with Crippen LogP contribution in [0.4, 0.5) is 5.69 Å². The fraction of sp³-hybridized carbons (Fsp3) is 0.450. The van der Waals surface area contributed by atoms with E-state index in [1.165, 1.54) is 0 Å². The number of carbonyl (C=O) groups excluding carboxylic acids is 1. The van der Waals surface area contributed by atoms with Crippen molar-refractivity contribution in [3.8, 4) is 0 Å². The van der Waals surface area contributed by atoms with Crippen LogP contribution in [0.15, 0.2) is 42.7 Å². The number of hydrogen-bond acceptors (Lipinski definition) is 4. The lowest BCUT2D eigenvalue weighted by Gasteiger charge is -2.29. The third-order valence-corrected chi connectivity index (χ3v) is 4.13. The van der Waals surface area contributed by atoms with Crippen LogP contribution >= 0.6 is 0 Å². The molecule has 0 aliphatic rings. The van der Waals surface area contributed by atoms with Gasteiger partial charge in [0.25, 0.3) is 0 Å². The molecule has 0 saturated carbocycles. The molecule has 25 heavy (non-hydrogen) atoms. The minimum absolute atomic E-state index is 0.0676. The summed E-state index contributed by atoms with van der Waals surface area (Å²) in [5.41, 5.74) is 1.48. The highest BCUT2D eigenvalue weighted by Gasteiger charge is 2.26. The summed E-state index contributed by atoms with van der Waals surface area (Å²) < 4.78 is 0. The number of carbonyl (C=O) groups is 1. The Morgan fingerprint density at radius 2 is 1.64 bits per heavy atom. The first-order chi connectivity index (χ1) is 11.9. The van der Waals surface area contributed by atoms with Gasteiger partial charge < -0.3 is 5.32 Å². The molecule has 1 atom stereocenters. The Bertz CT molecular complexity index is 673. The molecule has 0 bridgehead atoms. The van der Waals surface area contributed by atoms with Gasteiger partial charge in [0, 0.05) is 5.41 Å². The Kier molecular flexibility index (Phi) is 6.26. The van der Waals surface area contributed by atoms with Gasteiger partial charge >= 0.3 is 0 Å². The van der Waals surface area contributed by atoms with Gasteiger partial charge in [-0.3, -0.25) is 9.69 Å². The lowest BCUT2D eigenvalue weighted by molar-refractivity contribution is -0.121. The summed E-state index contributed by atoms with van der Waals surface area (Å²) in [4.78, 5) is 23.8. The molecule has 5 heteroatoms. The molecule has 0 spiro atoms. The van der Waals surface area contributed by atoms with Crippen LogP contribution < -0.4 is 5.32 Å². The summed E-state index contributed by atoms with van der Waals surface area (Å²) in [6.45, 7) is 11.9. The van der Waals surface area contributed by atoms with E-state index in [0.29, 0.717) is 5.69 Å². The molecule has 0 saturated heterocycles. The standard InChI is InChI=1S/C20H28N4O/c1-6-24(7-2)17(15-11-9-8-10-12-15)18(25)23-16-13-21-19(22-14-16)20(3,4)5/h8-14,17H,6-7H2,1-5H3,(H,23,25). The van der Waals surface area contributed by atoms with Gasteiger partial charge in [0.05, 0.1) is 18.1 Å². The second-order valence-electron chi connectivity index (χ2n) is 7.07. The first-order valence-corrected chi connectivity index (χ1v) is 8.79. The number of rotatable bonds is 6. The van der Waals surface area contributed by atoms with Gasteiger partial charge in [-0.05, 0) is 18.7 Å². The molecule has 2 rings (SSSR count). The van der Waals surface area contributed by atoms with Gasteiger partial charge in [0.1, 0.15) is 11.9 Å². The van der Waals surface area contributed by atoms with Crippen LogP contribution in [0.2, 0.25) is 0 Å². The summed E-state index contributed by atoms with van der Waals surface area (Å²) in [5, 5.41) is 2.96. The normalized spacial score (nSPS) is 12.9. The summed E-state index contributed by atoms with van der Waals surface area (Å²) >= 11 is 0. The smallest absolute Gasteiger partial charge is 0.246 e. The number of aromatic nitrogens is 2. The van der Waals surface area contributed by atoms with Crippen LogP contribution in [-0.2, 0) is 10.2 Å². The Hall–Kier alpha value is -2.27. The maximum absolute atomic E-state index is 12.9. The van der Waals surface area contributed by atoms with E-state index in [0.717, 1.165) is 24.5 Å². The predicted octanol–water partition coefficient (Wildman–Crippen LogP) is 3.80. The van der Waals surface area contributed by atoms with E-state index in [1.807, 2.05) is 30.3 Å². The first kappa shape index (κ1) is 19.1. The highest BCUT2D eigenvalue weighted by Crippen LogP contribution is 2.23. The van der Waals surface area contributed by atoms with Crippen molar-refractivity contribution in [3.63, 3.8) is 0 Å². The number of anilines is 1. The average molecular weight is 340 g/mol. The molecule has 0 aliphatic heterocycles. The van der Waals surface area contributed by atoms with E-state index in [-0.39, 0.29) is 17.4 Å². The molecule has 1 N–H and O–H groups in total. The predicted molar refractivity (Wildman–Crippen MR) is 101 cm³/mol. The topological polar surface area (TPSA) is 58.1 Å². The highest BCUT2D eigenvalue weighted by atomic mass is 16.2. The number of nitrogens with one attached hydrogen (secondary N) is 1. The van der Waals surface area contributed by atoms with Gasteiger partial charge in [-0.1, -0.05) is 65.0 Å². The molecule has 0 fully saturated rings. The van der Waals surface area contributed by atoms with Crippen LogP contribution in [0, 0.1) is 0 Å². The van der Waals surface area contributed by atoms with Crippen LogP contribution in [0.25, 0.3) is 0 Å². The number of hydrogen-bond donors (Lipinski definition) is 1. The molecular formula is C20H28N4O. The molecular weight excluding hydrogens is 312 g/mol. The van der Waals surface area contributed by atoms with Crippen molar-refractivity contribution in [1.82, 2.24) is 14.9 Å². The van der Waals surface area contributed by atoms with Crippen LogP contribution in [0.1, 0.15) is 52.0 Å². The van der Waals surface area contributed by atoms with Gasteiger partial charge in [0.15, 0.2) is 0 Å². The number of likely N-dealkylation sites (N-methyl/N-ethyl adjacent to an activating group) is 1. The zero-order chi connectivity index (χ0) is 18.4. The maximum atomic E-state index is 12.9. The minimum Gasteiger partial charge on any atom is -0.322 e. The van der Waals surface area contributed by atoms with Crippen LogP contribution in [0.3, 0.4) is 0 Å². The Morgan fingerprint density at radius 1 is 1.08 bits per heavy atom. The van der Waals surface area contributed by atoms with E-state index < -0.39 is 0 Å². The molecule has 134 valence electrons. The number of nitrogens with zero attached hydrogens (tertiary/aromatic N) is 3. The summed E-state index contributed by atoms with van der Waals surface area (Å²) in [5.74, 6) is 0.691. The van der Waals surface area contributed by atoms with Gasteiger partial charge in [-0.25, -0.2) is 9.97 Å². The van der Waals surface area contributed by atoms with Crippen LogP contribution in [0.5, 0.6) is 0 Å². The third-order valence-electron chi connectivity index (χ3n) is 4.13. The van der Waals surface area contributed by atoms with E-state index in [1.54, 1.807) is 12.4 Å². The van der Waals surface area contributed by atoms with Gasteiger partial charge in [0.2, 0.25) is 5.91 Å². The second-order valence-corrected chi connectivity index (χ2v) is 7.07. The summed E-state index contributed by atoms with van der Waals surface area (Å²) in [6.07, 6.45) is 3.35. The quantitative estimate of drug-likeness (QED) is 0.869. The number of benzene rings is 1. The van der Waals surface area contributed by atoms with Gasteiger partial charge in [-0.15, -0.1) is 0 Å². The molecule has 0 radical (unpaired) electrons. The summed E-state index contributed by atoms with van der Waals surface area (Å²) in [7, 11) is 0. The van der Waals surface area contributed by atoms with Gasteiger partial charge in [-0.2, -0.15) is 0 Å². The van der Waals surface area contributed by atoms with Crippen molar-refractivity contribution >= 4 is 11.6 Å². The molecule has 1 aromatic carbocycles. The van der Waals surface area contributed by atoms with E-state index in [4.69, 9.17) is 0 Å². The Morgan fingerprint density at radius 3 is 2.12 bits per heavy atom. The second kappa shape index (κ2) is 8.21. The summed E-state index contributed by atoms with van der Waals surface area (Å²) in [6, 6.07) is 9.52. The molecule has 2 aromatic rings. The average Bonchev–Trinajstić information content (AvgIpc) is 2.59. The zero-order valence-corrected chi connectivity index (χ0v) is 15.8. The van der Waals surface area contributed by atoms with Crippen LogP contribution in [-0.4, -0.2) is 33.9 Å². The molecule has 1 amide bonds. The molecule has 1 heterocycles. The van der Waals surface area contributed by atoms with Crippen molar-refractivity contribution in [2.24, 2.45) is 0 Å². The molecule has 0 aliphatic carbocycles. The van der Waals surface area contributed by atoms with Crippen molar-refractivity contribution in [2.45, 2.75) is 46.1 Å². The van der Waals surface area contributed by atoms with E-state index >= 15 is 0 Å². The molecule has 1 unspecified atom stereocenters. The van der Waals surface area contributed by atoms with Crippen molar-refractivity contribution in [1.29, 1.82) is 0 Å². The molecule has 5 nitrogen and oxygen atoms in total. The SMILES string of the molecule is CCN(CC)C(C(=O)Nc1cnc(C(C)(C)C)nc1)c1ccccc1. The fourth-order valence-electron chi connectivity index (χ4n) is 2.74. The highest BCUT2D eigenvalue weighted by molar-refractivity contribution is 5.95. The van der Waals surface area contributed by atoms with Crippen molar-refractivity contribution < 1.29 is 4.79 Å². The maximum Gasteiger partial charge on any atom is 0.246 e. The fourth-order valence-corrected chi connectivity index (χ4v) is 2.74. The van der Waals surface area contributed by atoms with E-state index in [2.05, 4.69) is 54.8 Å². The van der Waals surface area contributed by atoms with Crippen molar-refractivity contribution in [3.05, 3.63) is 54.1 Å². The largest absolute Gasteiger partial charge is 0.322 e. The Balaban J connectivity index is 2.22. The third kappa shape index (κ3) is 4.86. The Labute approximate surface area is 150 Å². The monoisotopic (exact) mass is 340 g/mol. The zero-order valence-electron chi connectivity index (χ0n) is 15.8. The molecule has 1 aromatic heterocycles. The van der Waals surface area contributed by atoms with Crippen molar-refractivity contribution in [2.75, 3.05) is 18.4 Å². The van der Waals surface area contributed by atoms with E-state index in [9.17, 15) is 4.79 Å². The lowest BCUT2D eigenvalue weighted by atomic mass is 9.96. The first-order valence-electron chi connectivity index (χ1n) is 8.79. The lowest BCUT2D eigenvalue weighted by Crippen LogP contribution is -2.37.